The number of carboxylic acid groups (broad SMARTS) is 1. The van der Waals surface area contributed by atoms with Crippen molar-refractivity contribution in [2.45, 2.75) is 19.4 Å². The Morgan fingerprint density at radius 1 is 1.85 bits per heavy atom. The Hall–Kier alpha value is -1.52. The van der Waals surface area contributed by atoms with Gasteiger partial charge in [0.25, 0.3) is 0 Å². The van der Waals surface area contributed by atoms with Crippen molar-refractivity contribution in [1.29, 1.82) is 0 Å². The van der Waals surface area contributed by atoms with Crippen molar-refractivity contribution in [3.8, 4) is 0 Å². The second-order valence-corrected chi connectivity index (χ2v) is 2.81. The summed E-state index contributed by atoms with van der Waals surface area (Å²) >= 11 is 0. The minimum absolute atomic E-state index is 0.530. The van der Waals surface area contributed by atoms with Crippen LogP contribution in [0.15, 0.2) is 12.4 Å². The van der Waals surface area contributed by atoms with Crippen LogP contribution >= 0.6 is 0 Å². The van der Waals surface area contributed by atoms with Gasteiger partial charge in [0.2, 0.25) is 5.95 Å². The maximum Gasteiger partial charge on any atom is 0.326 e. The van der Waals surface area contributed by atoms with E-state index in [9.17, 15) is 4.79 Å². The number of nitrogens with zero attached hydrogens (tertiary/aromatic N) is 2. The third-order valence-corrected chi connectivity index (χ3v) is 1.83. The van der Waals surface area contributed by atoms with Gasteiger partial charge < -0.3 is 15.0 Å². The van der Waals surface area contributed by atoms with Gasteiger partial charge in [-0.05, 0) is 6.42 Å². The summed E-state index contributed by atoms with van der Waals surface area (Å²) in [6, 6.07) is -0.568. The van der Waals surface area contributed by atoms with Gasteiger partial charge in [-0.3, -0.25) is 0 Å². The molecule has 1 aromatic heterocycles. The summed E-state index contributed by atoms with van der Waals surface area (Å²) in [5, 5.41) is 11.6. The number of aliphatic carboxylic acids is 1. The lowest BCUT2D eigenvalue weighted by atomic mass is 10.2. The number of carboxylic acids is 1. The lowest BCUT2D eigenvalue weighted by Crippen LogP contribution is -2.29. The summed E-state index contributed by atoms with van der Waals surface area (Å²) in [4.78, 5) is 14.6. The predicted octanol–water partition coefficient (Wildman–Crippen LogP) is 0.695. The van der Waals surface area contributed by atoms with Gasteiger partial charge in [0, 0.05) is 19.4 Å². The largest absolute Gasteiger partial charge is 0.480 e. The molecule has 0 aliphatic carbocycles. The highest BCUT2D eigenvalue weighted by molar-refractivity contribution is 5.76. The maximum atomic E-state index is 10.7. The van der Waals surface area contributed by atoms with E-state index in [2.05, 4.69) is 10.3 Å². The van der Waals surface area contributed by atoms with Gasteiger partial charge in [-0.2, -0.15) is 0 Å². The fourth-order valence-electron chi connectivity index (χ4n) is 0.999. The Morgan fingerprint density at radius 3 is 2.92 bits per heavy atom. The van der Waals surface area contributed by atoms with Crippen molar-refractivity contribution >= 4 is 11.9 Å². The van der Waals surface area contributed by atoms with E-state index in [0.717, 1.165) is 0 Å². The smallest absolute Gasteiger partial charge is 0.326 e. The molecule has 0 aliphatic rings. The van der Waals surface area contributed by atoms with E-state index < -0.39 is 12.0 Å². The fourth-order valence-corrected chi connectivity index (χ4v) is 0.999. The van der Waals surface area contributed by atoms with Crippen molar-refractivity contribution in [3.05, 3.63) is 12.4 Å². The first-order valence-corrected chi connectivity index (χ1v) is 4.11. The van der Waals surface area contributed by atoms with Crippen molar-refractivity contribution in [2.75, 3.05) is 5.32 Å². The average Bonchev–Trinajstić information content (AvgIpc) is 2.46. The molecule has 0 saturated carbocycles. The lowest BCUT2D eigenvalue weighted by Gasteiger charge is -2.12. The minimum Gasteiger partial charge on any atom is -0.480 e. The average molecular weight is 183 g/mol. The molecule has 0 aliphatic heterocycles. The summed E-state index contributed by atoms with van der Waals surface area (Å²) in [6.07, 6.45) is 3.91. The van der Waals surface area contributed by atoms with Gasteiger partial charge in [0.1, 0.15) is 6.04 Å². The normalized spacial score (nSPS) is 12.5. The molecule has 1 aromatic rings. The number of aryl methyl sites for hydroxylation is 1. The van der Waals surface area contributed by atoms with Crippen LogP contribution in [0.25, 0.3) is 0 Å². The molecule has 0 saturated heterocycles. The van der Waals surface area contributed by atoms with E-state index in [1.54, 1.807) is 17.0 Å². The minimum atomic E-state index is -0.856. The number of hydrogen-bond acceptors (Lipinski definition) is 3. The van der Waals surface area contributed by atoms with Gasteiger partial charge in [-0.25, -0.2) is 9.78 Å². The zero-order valence-electron chi connectivity index (χ0n) is 7.69. The Morgan fingerprint density at radius 2 is 2.54 bits per heavy atom. The second kappa shape index (κ2) is 3.93. The molecule has 0 aromatic carbocycles. The van der Waals surface area contributed by atoms with Gasteiger partial charge in [-0.15, -0.1) is 0 Å². The van der Waals surface area contributed by atoms with Crippen LogP contribution in [0.2, 0.25) is 0 Å². The van der Waals surface area contributed by atoms with Crippen molar-refractivity contribution in [3.63, 3.8) is 0 Å². The molecular weight excluding hydrogens is 170 g/mol. The number of nitrogens with one attached hydrogen (secondary N) is 1. The van der Waals surface area contributed by atoms with Crippen LogP contribution in [0.4, 0.5) is 5.95 Å². The molecule has 0 bridgehead atoms. The van der Waals surface area contributed by atoms with Crippen LogP contribution in [0.3, 0.4) is 0 Å². The van der Waals surface area contributed by atoms with E-state index in [-0.39, 0.29) is 0 Å². The van der Waals surface area contributed by atoms with Crippen LogP contribution < -0.4 is 5.32 Å². The molecule has 13 heavy (non-hydrogen) atoms. The highest BCUT2D eigenvalue weighted by atomic mass is 16.4. The molecule has 1 rings (SSSR count). The maximum absolute atomic E-state index is 10.7. The van der Waals surface area contributed by atoms with E-state index in [0.29, 0.717) is 12.4 Å². The number of hydrogen-bond donors (Lipinski definition) is 2. The Bertz CT molecular complexity index is 295. The second-order valence-electron chi connectivity index (χ2n) is 2.81. The number of carbonyl (C=O) groups is 1. The molecule has 1 atom stereocenters. The summed E-state index contributed by atoms with van der Waals surface area (Å²) in [6.45, 7) is 1.81. The van der Waals surface area contributed by atoms with Crippen LogP contribution in [0, 0.1) is 0 Å². The van der Waals surface area contributed by atoms with Crippen molar-refractivity contribution in [1.82, 2.24) is 9.55 Å². The first kappa shape index (κ1) is 9.57. The van der Waals surface area contributed by atoms with Crippen LogP contribution in [0.1, 0.15) is 13.3 Å². The molecule has 0 spiro atoms. The highest BCUT2D eigenvalue weighted by Crippen LogP contribution is 2.05. The molecular formula is C8H13N3O2. The lowest BCUT2D eigenvalue weighted by molar-refractivity contribution is -0.137. The molecule has 1 heterocycles. The SMILES string of the molecule is CCC(Nc1nccn1C)C(=O)O. The third-order valence-electron chi connectivity index (χ3n) is 1.83. The first-order valence-electron chi connectivity index (χ1n) is 4.11. The zero-order valence-corrected chi connectivity index (χ0v) is 7.69. The molecule has 0 fully saturated rings. The first-order chi connectivity index (χ1) is 6.15. The molecule has 5 heteroatoms. The quantitative estimate of drug-likeness (QED) is 0.720. The molecule has 0 radical (unpaired) electrons. The molecule has 0 amide bonds. The van der Waals surface area contributed by atoms with Crippen LogP contribution in [-0.4, -0.2) is 26.7 Å². The summed E-state index contributed by atoms with van der Waals surface area (Å²) in [5.74, 6) is -0.278. The number of anilines is 1. The predicted molar refractivity (Wildman–Crippen MR) is 48.5 cm³/mol. The third kappa shape index (κ3) is 2.21. The van der Waals surface area contributed by atoms with Crippen LogP contribution in [0.5, 0.6) is 0 Å². The van der Waals surface area contributed by atoms with Crippen molar-refractivity contribution in [2.24, 2.45) is 7.05 Å². The molecule has 1 unspecified atom stereocenters. The zero-order chi connectivity index (χ0) is 9.84. The van der Waals surface area contributed by atoms with Gasteiger partial charge in [-0.1, -0.05) is 6.92 Å². The van der Waals surface area contributed by atoms with E-state index in [1.165, 1.54) is 0 Å². The Labute approximate surface area is 76.4 Å². The summed E-state index contributed by atoms with van der Waals surface area (Å²) in [5.41, 5.74) is 0. The standard InChI is InChI=1S/C8H13N3O2/c1-3-6(7(12)13)10-8-9-4-5-11(8)2/h4-6H,3H2,1-2H3,(H,9,10)(H,12,13). The number of imidazole rings is 1. The van der Waals surface area contributed by atoms with Crippen molar-refractivity contribution < 1.29 is 9.90 Å². The van der Waals surface area contributed by atoms with Gasteiger partial charge >= 0.3 is 5.97 Å². The fraction of sp³-hybridized carbons (Fsp3) is 0.500. The number of aromatic nitrogens is 2. The molecule has 72 valence electrons. The molecule has 2 N–H and O–H groups in total. The van der Waals surface area contributed by atoms with Gasteiger partial charge in [0.05, 0.1) is 0 Å². The van der Waals surface area contributed by atoms with E-state index in [1.807, 2.05) is 14.0 Å². The van der Waals surface area contributed by atoms with Gasteiger partial charge in [0.15, 0.2) is 0 Å². The number of rotatable bonds is 4. The Balaban J connectivity index is 2.67. The molecule has 5 nitrogen and oxygen atoms in total. The topological polar surface area (TPSA) is 67.2 Å². The summed E-state index contributed by atoms with van der Waals surface area (Å²) < 4.78 is 1.74. The van der Waals surface area contributed by atoms with E-state index in [4.69, 9.17) is 5.11 Å². The Kier molecular flexibility index (Phi) is 2.89. The highest BCUT2D eigenvalue weighted by Gasteiger charge is 2.15. The monoisotopic (exact) mass is 183 g/mol. The van der Waals surface area contributed by atoms with Crippen LogP contribution in [-0.2, 0) is 11.8 Å². The summed E-state index contributed by atoms with van der Waals surface area (Å²) in [7, 11) is 1.81. The van der Waals surface area contributed by atoms with E-state index >= 15 is 0 Å².